The van der Waals surface area contributed by atoms with E-state index in [0.29, 0.717) is 35.2 Å². The average Bonchev–Trinajstić information content (AvgIpc) is 2.84. The van der Waals surface area contributed by atoms with E-state index < -0.39 is 6.04 Å². The van der Waals surface area contributed by atoms with Crippen LogP contribution in [0.4, 0.5) is 0 Å². The van der Waals surface area contributed by atoms with E-state index in [2.05, 4.69) is 5.32 Å². The summed E-state index contributed by atoms with van der Waals surface area (Å²) >= 11 is 14.0. The Kier molecular flexibility index (Phi) is 10.3. The predicted octanol–water partition coefficient (Wildman–Crippen LogP) is 6.25. The van der Waals surface area contributed by atoms with Crippen molar-refractivity contribution in [1.29, 1.82) is 0 Å². The zero-order valence-electron chi connectivity index (χ0n) is 19.0. The van der Waals surface area contributed by atoms with Crippen LogP contribution >= 0.6 is 35.0 Å². The zero-order chi connectivity index (χ0) is 24.3. The average molecular weight is 516 g/mol. The summed E-state index contributed by atoms with van der Waals surface area (Å²) in [7, 11) is 0. The summed E-state index contributed by atoms with van der Waals surface area (Å²) in [5, 5.41) is 4.16. The molecular formula is C27H28Cl2N2O2S. The van der Waals surface area contributed by atoms with E-state index >= 15 is 0 Å². The molecule has 2 amide bonds. The molecule has 1 N–H and O–H groups in total. The fourth-order valence-electron chi connectivity index (χ4n) is 3.59. The highest BCUT2D eigenvalue weighted by molar-refractivity contribution is 7.99. The second kappa shape index (κ2) is 13.4. The van der Waals surface area contributed by atoms with E-state index in [1.807, 2.05) is 79.7 Å². The summed E-state index contributed by atoms with van der Waals surface area (Å²) in [5.74, 6) is 0.332. The molecule has 3 rings (SSSR count). The van der Waals surface area contributed by atoms with Crippen LogP contribution in [0.25, 0.3) is 0 Å². The van der Waals surface area contributed by atoms with Gasteiger partial charge in [0.15, 0.2) is 0 Å². The Hall–Kier alpha value is -2.47. The number of halogens is 2. The van der Waals surface area contributed by atoms with Crippen LogP contribution < -0.4 is 5.32 Å². The van der Waals surface area contributed by atoms with E-state index in [0.717, 1.165) is 16.0 Å². The minimum atomic E-state index is -0.647. The van der Waals surface area contributed by atoms with Crippen LogP contribution in [0.3, 0.4) is 0 Å². The molecule has 0 fully saturated rings. The standard InChI is InChI=1S/C27H28Cl2N2O2S/c1-2-30-27(33)25(18-20-8-4-3-5-9-20)31(19-21-10-6-7-11-24(21)29)26(32)16-17-34-23-14-12-22(28)13-15-23/h3-15,25H,2,16-19H2,1H3,(H,30,33)/t25-/m0/s1. The third-order valence-corrected chi connectivity index (χ3v) is 6.95. The number of carbonyl (C=O) groups excluding carboxylic acids is 2. The Bertz CT molecular complexity index is 1080. The zero-order valence-corrected chi connectivity index (χ0v) is 21.4. The van der Waals surface area contributed by atoms with Crippen molar-refractivity contribution in [2.45, 2.75) is 37.2 Å². The van der Waals surface area contributed by atoms with Gasteiger partial charge in [0.2, 0.25) is 11.8 Å². The number of rotatable bonds is 11. The van der Waals surface area contributed by atoms with E-state index in [1.54, 1.807) is 22.7 Å². The molecule has 0 aliphatic carbocycles. The molecule has 0 saturated heterocycles. The summed E-state index contributed by atoms with van der Waals surface area (Å²) in [6.07, 6.45) is 0.718. The number of nitrogens with zero attached hydrogens (tertiary/aromatic N) is 1. The van der Waals surface area contributed by atoms with Gasteiger partial charge in [-0.2, -0.15) is 0 Å². The van der Waals surface area contributed by atoms with E-state index in [-0.39, 0.29) is 18.4 Å². The van der Waals surface area contributed by atoms with Gasteiger partial charge in [-0.25, -0.2) is 0 Å². The second-order valence-electron chi connectivity index (χ2n) is 7.77. The lowest BCUT2D eigenvalue weighted by atomic mass is 10.0. The van der Waals surface area contributed by atoms with Crippen LogP contribution in [-0.2, 0) is 22.6 Å². The fourth-order valence-corrected chi connectivity index (χ4v) is 4.75. The molecule has 3 aromatic rings. The molecule has 4 nitrogen and oxygen atoms in total. The monoisotopic (exact) mass is 514 g/mol. The van der Waals surface area contributed by atoms with Crippen molar-refractivity contribution >= 4 is 46.8 Å². The lowest BCUT2D eigenvalue weighted by molar-refractivity contribution is -0.140. The summed E-state index contributed by atoms with van der Waals surface area (Å²) in [6, 6.07) is 24.1. The molecule has 0 heterocycles. The van der Waals surface area contributed by atoms with Crippen LogP contribution in [0, 0.1) is 0 Å². The molecule has 0 aliphatic heterocycles. The summed E-state index contributed by atoms with van der Waals surface area (Å²) < 4.78 is 0. The number of likely N-dealkylation sites (N-methyl/N-ethyl adjacent to an activating group) is 1. The predicted molar refractivity (Wildman–Crippen MR) is 141 cm³/mol. The van der Waals surface area contributed by atoms with Crippen molar-refractivity contribution in [3.05, 3.63) is 100 Å². The summed E-state index contributed by atoms with van der Waals surface area (Å²) in [6.45, 7) is 2.63. The molecule has 3 aromatic carbocycles. The van der Waals surface area contributed by atoms with Crippen molar-refractivity contribution in [1.82, 2.24) is 10.2 Å². The third kappa shape index (κ3) is 7.79. The number of hydrogen-bond acceptors (Lipinski definition) is 3. The Morgan fingerprint density at radius 1 is 0.941 bits per heavy atom. The van der Waals surface area contributed by atoms with Gasteiger partial charge in [0.25, 0.3) is 0 Å². The molecule has 7 heteroatoms. The molecule has 178 valence electrons. The van der Waals surface area contributed by atoms with Gasteiger partial charge in [-0.3, -0.25) is 9.59 Å². The summed E-state index contributed by atoms with van der Waals surface area (Å²) in [5.41, 5.74) is 1.80. The molecule has 0 aliphatic rings. The van der Waals surface area contributed by atoms with Gasteiger partial charge in [0.1, 0.15) is 6.04 Å². The van der Waals surface area contributed by atoms with Crippen molar-refractivity contribution in [3.8, 4) is 0 Å². The van der Waals surface area contributed by atoms with Crippen LogP contribution in [0.2, 0.25) is 10.0 Å². The molecule has 0 bridgehead atoms. The molecule has 0 spiro atoms. The van der Waals surface area contributed by atoms with Crippen molar-refractivity contribution in [2.24, 2.45) is 0 Å². The molecule has 0 saturated carbocycles. The summed E-state index contributed by atoms with van der Waals surface area (Å²) in [4.78, 5) is 29.4. The number of amides is 2. The van der Waals surface area contributed by atoms with E-state index in [4.69, 9.17) is 23.2 Å². The SMILES string of the molecule is CCNC(=O)[C@H](Cc1ccccc1)N(Cc1ccccc1Cl)C(=O)CCSc1ccc(Cl)cc1. The number of carbonyl (C=O) groups is 2. The first-order valence-corrected chi connectivity index (χ1v) is 12.9. The topological polar surface area (TPSA) is 49.4 Å². The van der Waals surface area contributed by atoms with Crippen LogP contribution in [-0.4, -0.2) is 35.1 Å². The first-order valence-electron chi connectivity index (χ1n) is 11.2. The first-order chi connectivity index (χ1) is 16.5. The van der Waals surface area contributed by atoms with E-state index in [9.17, 15) is 9.59 Å². The Balaban J connectivity index is 1.82. The minimum Gasteiger partial charge on any atom is -0.355 e. The fraction of sp³-hybridized carbons (Fsp3) is 0.259. The Morgan fingerprint density at radius 2 is 1.62 bits per heavy atom. The molecule has 1 atom stereocenters. The number of benzene rings is 3. The maximum Gasteiger partial charge on any atom is 0.243 e. The van der Waals surface area contributed by atoms with Crippen molar-refractivity contribution in [2.75, 3.05) is 12.3 Å². The molecule has 0 unspecified atom stereocenters. The third-order valence-electron chi connectivity index (χ3n) is 5.32. The van der Waals surface area contributed by atoms with Gasteiger partial charge in [-0.05, 0) is 48.4 Å². The lowest BCUT2D eigenvalue weighted by Gasteiger charge is -2.31. The molecule has 34 heavy (non-hydrogen) atoms. The van der Waals surface area contributed by atoms with Gasteiger partial charge in [-0.1, -0.05) is 71.7 Å². The van der Waals surface area contributed by atoms with Gasteiger partial charge in [-0.15, -0.1) is 11.8 Å². The number of nitrogens with one attached hydrogen (secondary N) is 1. The van der Waals surface area contributed by atoms with Gasteiger partial charge in [0.05, 0.1) is 0 Å². The number of thioether (sulfide) groups is 1. The first kappa shape index (κ1) is 26.1. The smallest absolute Gasteiger partial charge is 0.243 e. The van der Waals surface area contributed by atoms with Gasteiger partial charge >= 0.3 is 0 Å². The Morgan fingerprint density at radius 3 is 2.29 bits per heavy atom. The van der Waals surface area contributed by atoms with E-state index in [1.165, 1.54) is 0 Å². The van der Waals surface area contributed by atoms with Crippen molar-refractivity contribution < 1.29 is 9.59 Å². The lowest BCUT2D eigenvalue weighted by Crippen LogP contribution is -2.50. The molecular weight excluding hydrogens is 487 g/mol. The Labute approximate surface area is 215 Å². The maximum atomic E-state index is 13.5. The molecule has 0 aromatic heterocycles. The van der Waals surface area contributed by atoms with Crippen LogP contribution in [0.5, 0.6) is 0 Å². The minimum absolute atomic E-state index is 0.0893. The highest BCUT2D eigenvalue weighted by Crippen LogP contribution is 2.24. The normalized spacial score (nSPS) is 11.6. The number of hydrogen-bond donors (Lipinski definition) is 1. The quantitative estimate of drug-likeness (QED) is 0.307. The van der Waals surface area contributed by atoms with Crippen LogP contribution in [0.1, 0.15) is 24.5 Å². The van der Waals surface area contributed by atoms with Crippen LogP contribution in [0.15, 0.2) is 83.8 Å². The highest BCUT2D eigenvalue weighted by Gasteiger charge is 2.30. The largest absolute Gasteiger partial charge is 0.355 e. The second-order valence-corrected chi connectivity index (χ2v) is 9.78. The van der Waals surface area contributed by atoms with Crippen molar-refractivity contribution in [3.63, 3.8) is 0 Å². The maximum absolute atomic E-state index is 13.5. The highest BCUT2D eigenvalue weighted by atomic mass is 35.5. The van der Waals surface area contributed by atoms with Gasteiger partial charge < -0.3 is 10.2 Å². The molecule has 0 radical (unpaired) electrons. The van der Waals surface area contributed by atoms with Gasteiger partial charge in [0, 0.05) is 46.6 Å².